The van der Waals surface area contributed by atoms with Gasteiger partial charge in [0, 0.05) is 40.1 Å². The van der Waals surface area contributed by atoms with Gasteiger partial charge in [-0.2, -0.15) is 10.4 Å². The molecule has 1 saturated carbocycles. The van der Waals surface area contributed by atoms with Crippen molar-refractivity contribution in [2.75, 3.05) is 7.11 Å². The lowest BCUT2D eigenvalue weighted by Crippen LogP contribution is -2.35. The maximum Gasteiger partial charge on any atom is 0.335 e. The Morgan fingerprint density at radius 1 is 1.38 bits per heavy atom. The van der Waals surface area contributed by atoms with Crippen molar-refractivity contribution in [3.8, 4) is 17.5 Å². The van der Waals surface area contributed by atoms with Crippen LogP contribution in [0.3, 0.4) is 0 Å². The van der Waals surface area contributed by atoms with Crippen LogP contribution in [0.25, 0.3) is 27.5 Å². The van der Waals surface area contributed by atoms with Crippen LogP contribution in [0.5, 0.6) is 5.75 Å². The van der Waals surface area contributed by atoms with Crippen LogP contribution in [-0.2, 0) is 10.2 Å². The van der Waals surface area contributed by atoms with Crippen molar-refractivity contribution in [2.45, 2.75) is 56.5 Å². The number of methoxy groups -OCH3 is 1. The lowest BCUT2D eigenvalue weighted by molar-refractivity contribution is -0.157. The highest BCUT2D eigenvalue weighted by atomic mass is 19.1. The third kappa shape index (κ3) is 3.73. The topological polar surface area (TPSA) is 124 Å². The number of halogens is 2. The van der Waals surface area contributed by atoms with Crippen LogP contribution in [0.15, 0.2) is 30.5 Å². The highest BCUT2D eigenvalue weighted by molar-refractivity contribution is 6.00. The number of carbonyl (C=O) groups is 1. The van der Waals surface area contributed by atoms with Crippen LogP contribution in [0.1, 0.15) is 56.7 Å². The predicted molar refractivity (Wildman–Crippen MR) is 132 cm³/mol. The minimum atomic E-state index is -1.94. The van der Waals surface area contributed by atoms with E-state index in [1.165, 1.54) is 25.4 Å². The number of nitrogens with zero attached hydrogens (tertiary/aromatic N) is 3. The van der Waals surface area contributed by atoms with Crippen LogP contribution in [-0.4, -0.2) is 43.7 Å². The van der Waals surface area contributed by atoms with Crippen LogP contribution in [0, 0.1) is 23.0 Å². The summed E-state index contributed by atoms with van der Waals surface area (Å²) < 4.78 is 37.6. The molecule has 0 radical (unpaired) electrons. The Morgan fingerprint density at radius 3 is 2.78 bits per heavy atom. The summed E-state index contributed by atoms with van der Waals surface area (Å²) in [6.07, 6.45) is 1.79. The van der Waals surface area contributed by atoms with Crippen molar-refractivity contribution in [1.29, 1.82) is 5.26 Å². The van der Waals surface area contributed by atoms with Gasteiger partial charge in [-0.15, -0.1) is 0 Å². The first kappa shape index (κ1) is 24.7. The summed E-state index contributed by atoms with van der Waals surface area (Å²) in [6, 6.07) is 8.28. The molecular formula is C27H26F2N4O4. The molecule has 0 unspecified atom stereocenters. The van der Waals surface area contributed by atoms with E-state index in [4.69, 9.17) is 4.74 Å². The van der Waals surface area contributed by atoms with Gasteiger partial charge in [0.05, 0.1) is 24.9 Å². The predicted octanol–water partition coefficient (Wildman–Crippen LogP) is 5.07. The zero-order valence-electron chi connectivity index (χ0n) is 20.6. The van der Waals surface area contributed by atoms with E-state index in [1.54, 1.807) is 16.7 Å². The van der Waals surface area contributed by atoms with Crippen molar-refractivity contribution in [2.24, 2.45) is 0 Å². The number of aromatic nitrogens is 3. The number of ether oxygens (including phenoxy) is 1. The van der Waals surface area contributed by atoms with E-state index in [0.29, 0.717) is 34.3 Å². The summed E-state index contributed by atoms with van der Waals surface area (Å²) in [5, 5.41) is 37.5. The molecule has 0 amide bonds. The fourth-order valence-electron chi connectivity index (χ4n) is 5.70. The van der Waals surface area contributed by atoms with Gasteiger partial charge >= 0.3 is 5.97 Å². The van der Waals surface area contributed by atoms with Crippen molar-refractivity contribution in [1.82, 2.24) is 14.8 Å². The van der Waals surface area contributed by atoms with Gasteiger partial charge in [-0.3, -0.25) is 5.10 Å². The number of fused-ring (bicyclic) bond motifs is 2. The second-order valence-corrected chi connectivity index (χ2v) is 10.3. The van der Waals surface area contributed by atoms with E-state index in [9.17, 15) is 24.7 Å². The average Bonchev–Trinajstić information content (AvgIpc) is 3.56. The van der Waals surface area contributed by atoms with Crippen LogP contribution < -0.4 is 4.74 Å². The summed E-state index contributed by atoms with van der Waals surface area (Å²) in [5.41, 5.74) is -0.498. The van der Waals surface area contributed by atoms with Crippen LogP contribution >= 0.6 is 0 Å². The smallest absolute Gasteiger partial charge is 0.335 e. The molecule has 2 aromatic carbocycles. The largest absolute Gasteiger partial charge is 0.494 e. The minimum absolute atomic E-state index is 0.00378. The number of benzene rings is 2. The molecule has 0 spiro atoms. The maximum absolute atomic E-state index is 16.2. The summed E-state index contributed by atoms with van der Waals surface area (Å²) in [4.78, 5) is 11.8. The molecule has 10 heteroatoms. The molecule has 5 rings (SSSR count). The Bertz CT molecular complexity index is 1600. The summed E-state index contributed by atoms with van der Waals surface area (Å²) in [7, 11) is 1.35. The molecule has 0 bridgehead atoms. The molecule has 1 aliphatic carbocycles. The number of aliphatic hydroxyl groups is 1. The summed E-state index contributed by atoms with van der Waals surface area (Å²) >= 11 is 0. The molecule has 37 heavy (non-hydrogen) atoms. The molecule has 4 aromatic rings. The Hall–Kier alpha value is -3.97. The lowest BCUT2D eigenvalue weighted by atomic mass is 9.79. The van der Waals surface area contributed by atoms with Crippen molar-refractivity contribution in [3.63, 3.8) is 0 Å². The third-order valence-corrected chi connectivity index (χ3v) is 7.50. The molecule has 2 atom stereocenters. The third-order valence-electron chi connectivity index (χ3n) is 7.50. The quantitative estimate of drug-likeness (QED) is 0.334. The van der Waals surface area contributed by atoms with Crippen LogP contribution in [0.2, 0.25) is 0 Å². The van der Waals surface area contributed by atoms with Crippen LogP contribution in [0.4, 0.5) is 8.78 Å². The number of nitriles is 1. The maximum atomic E-state index is 16.2. The number of hydrogen-bond donors (Lipinski definition) is 3. The number of aromatic amines is 1. The Kier molecular flexibility index (Phi) is 5.72. The minimum Gasteiger partial charge on any atom is -0.494 e. The number of carboxylic acid groups (broad SMARTS) is 1. The molecule has 0 saturated heterocycles. The van der Waals surface area contributed by atoms with E-state index in [1.807, 2.05) is 13.8 Å². The molecule has 0 aliphatic heterocycles. The standard InChI is InChI=1S/C27H26F2N4O4/c1-26(2,8-9-30)24-20(14-6-7-27(36,12-14)25(34)35)21-18(10-15-13-31-32-23(15)22(21)29)33(24)16-4-5-17(28)19(11-16)37-3/h4-5,10-11,13-14,36H,6-8,12H2,1-3H3,(H,31,32)(H,34,35)/t14-,27+/m1/s1. The molecule has 3 N–H and O–H groups in total. The fraction of sp³-hybridized carbons (Fsp3) is 0.370. The van der Waals surface area contributed by atoms with Gasteiger partial charge in [0.15, 0.2) is 23.0 Å². The number of nitrogens with one attached hydrogen (secondary N) is 1. The number of H-pyrrole nitrogens is 1. The van der Waals surface area contributed by atoms with Gasteiger partial charge < -0.3 is 19.5 Å². The lowest BCUT2D eigenvalue weighted by Gasteiger charge is -2.28. The van der Waals surface area contributed by atoms with E-state index in [0.717, 1.165) is 0 Å². The number of hydrogen-bond acceptors (Lipinski definition) is 5. The Labute approximate surface area is 211 Å². The fourth-order valence-corrected chi connectivity index (χ4v) is 5.70. The van der Waals surface area contributed by atoms with Crippen molar-refractivity contribution >= 4 is 27.8 Å². The summed E-state index contributed by atoms with van der Waals surface area (Å²) in [5.74, 6) is -2.96. The van der Waals surface area contributed by atoms with E-state index < -0.39 is 34.5 Å². The number of aliphatic carboxylic acids is 1. The molecular weight excluding hydrogens is 482 g/mol. The zero-order chi connectivity index (χ0) is 26.7. The second kappa shape index (κ2) is 8.56. The zero-order valence-corrected chi connectivity index (χ0v) is 20.6. The van der Waals surface area contributed by atoms with Crippen molar-refractivity contribution in [3.05, 3.63) is 53.4 Å². The second-order valence-electron chi connectivity index (χ2n) is 10.3. The van der Waals surface area contributed by atoms with Gasteiger partial charge in [0.1, 0.15) is 5.52 Å². The highest BCUT2D eigenvalue weighted by Crippen LogP contribution is 2.50. The molecule has 2 aromatic heterocycles. The van der Waals surface area contributed by atoms with Gasteiger partial charge in [-0.1, -0.05) is 13.8 Å². The first-order valence-corrected chi connectivity index (χ1v) is 11.9. The van der Waals surface area contributed by atoms with E-state index in [-0.39, 0.29) is 35.9 Å². The first-order valence-electron chi connectivity index (χ1n) is 11.9. The SMILES string of the molecule is COc1cc(-n2c(C(C)(C)CC#N)c([C@@H]3CC[C@@](O)(C(=O)O)C3)c3c(F)c4[nH]ncc4cc32)ccc1F. The Balaban J connectivity index is 1.94. The van der Waals surface area contributed by atoms with Gasteiger partial charge in [-0.05, 0) is 48.9 Å². The average molecular weight is 509 g/mol. The Morgan fingerprint density at radius 2 is 2.14 bits per heavy atom. The monoisotopic (exact) mass is 508 g/mol. The normalized spacial score (nSPS) is 20.0. The van der Waals surface area contributed by atoms with Crippen molar-refractivity contribution < 1.29 is 28.5 Å². The molecule has 1 fully saturated rings. The molecule has 8 nitrogen and oxygen atoms in total. The molecule has 2 heterocycles. The van der Waals surface area contributed by atoms with Gasteiger partial charge in [0.2, 0.25) is 0 Å². The highest BCUT2D eigenvalue weighted by Gasteiger charge is 2.47. The van der Waals surface area contributed by atoms with Gasteiger partial charge in [-0.25, -0.2) is 13.6 Å². The van der Waals surface area contributed by atoms with E-state index in [2.05, 4.69) is 16.3 Å². The van der Waals surface area contributed by atoms with Gasteiger partial charge in [0.25, 0.3) is 0 Å². The molecule has 192 valence electrons. The number of rotatable bonds is 6. The molecule has 1 aliphatic rings. The summed E-state index contributed by atoms with van der Waals surface area (Å²) in [6.45, 7) is 3.71. The number of carboxylic acids is 1. The van der Waals surface area contributed by atoms with E-state index >= 15 is 4.39 Å². The first-order chi connectivity index (χ1) is 17.5.